The second-order valence-corrected chi connectivity index (χ2v) is 9.97. The summed E-state index contributed by atoms with van der Waals surface area (Å²) in [6.07, 6.45) is -1.91. The molecule has 0 radical (unpaired) electrons. The molecule has 0 saturated heterocycles. The van der Waals surface area contributed by atoms with Crippen LogP contribution >= 0.6 is 11.6 Å². The standard InChI is InChI=1S/C26H27ClF3NO3/c1-14(26(28,29)30)24(19-10-16-4-2-3-5-17(16)11-19)25(34)31-22-12-18(8-9-21(22)27)20(13-23(32)33)15-6-7-15/h2-5,8-9,12,14-15,19-20,24H,6-7,10-11,13H2,1H3,(H,31,34)(H,32,33)/t14-,20+,24-/m1/s1. The highest BCUT2D eigenvalue weighted by molar-refractivity contribution is 6.33. The van der Waals surface area contributed by atoms with Crippen LogP contribution in [0.2, 0.25) is 5.02 Å². The quantitative estimate of drug-likeness (QED) is 0.442. The van der Waals surface area contributed by atoms with Gasteiger partial charge in [0.1, 0.15) is 0 Å². The number of benzene rings is 2. The minimum atomic E-state index is -4.53. The Morgan fingerprint density at radius 1 is 1.09 bits per heavy atom. The molecule has 2 N–H and O–H groups in total. The molecule has 34 heavy (non-hydrogen) atoms. The highest BCUT2D eigenvalue weighted by atomic mass is 35.5. The van der Waals surface area contributed by atoms with Crippen LogP contribution in [0.1, 0.15) is 48.8 Å². The monoisotopic (exact) mass is 493 g/mol. The highest BCUT2D eigenvalue weighted by Gasteiger charge is 2.48. The maximum Gasteiger partial charge on any atom is 0.392 e. The first-order valence-electron chi connectivity index (χ1n) is 11.5. The molecular weight excluding hydrogens is 467 g/mol. The van der Waals surface area contributed by atoms with E-state index in [1.807, 2.05) is 24.3 Å². The zero-order chi connectivity index (χ0) is 24.6. The summed E-state index contributed by atoms with van der Waals surface area (Å²) in [4.78, 5) is 24.7. The predicted molar refractivity (Wildman–Crippen MR) is 124 cm³/mol. The summed E-state index contributed by atoms with van der Waals surface area (Å²) in [5.74, 6) is -5.22. The van der Waals surface area contributed by atoms with Crippen molar-refractivity contribution in [2.45, 2.75) is 51.1 Å². The molecule has 1 amide bonds. The molecule has 4 rings (SSSR count). The number of carboxylic acid groups (broad SMARTS) is 1. The van der Waals surface area contributed by atoms with E-state index in [0.717, 1.165) is 36.5 Å². The Bertz CT molecular complexity index is 1060. The van der Waals surface area contributed by atoms with Crippen LogP contribution < -0.4 is 5.32 Å². The molecule has 0 bridgehead atoms. The van der Waals surface area contributed by atoms with Gasteiger partial charge in [0.05, 0.1) is 29.0 Å². The largest absolute Gasteiger partial charge is 0.481 e. The van der Waals surface area contributed by atoms with E-state index in [4.69, 9.17) is 11.6 Å². The SMILES string of the molecule is C[C@H]([C@@H](C(=O)Nc1cc([C@@H](CC(=O)O)C2CC2)ccc1Cl)C1Cc2ccccc2C1)C(F)(F)F. The number of anilines is 1. The van der Waals surface area contributed by atoms with Gasteiger partial charge in [-0.3, -0.25) is 9.59 Å². The van der Waals surface area contributed by atoms with E-state index in [1.165, 1.54) is 0 Å². The molecule has 1 saturated carbocycles. The fourth-order valence-electron chi connectivity index (χ4n) is 5.23. The van der Waals surface area contributed by atoms with Crippen molar-refractivity contribution < 1.29 is 27.9 Å². The topological polar surface area (TPSA) is 66.4 Å². The Hall–Kier alpha value is -2.54. The Balaban J connectivity index is 1.60. The molecule has 1 fully saturated rings. The maximum absolute atomic E-state index is 13.8. The van der Waals surface area contributed by atoms with Crippen molar-refractivity contribution in [3.05, 3.63) is 64.2 Å². The van der Waals surface area contributed by atoms with E-state index in [1.54, 1.807) is 18.2 Å². The summed E-state index contributed by atoms with van der Waals surface area (Å²) in [7, 11) is 0. The first-order valence-corrected chi connectivity index (χ1v) is 11.9. The minimum Gasteiger partial charge on any atom is -0.481 e. The summed E-state index contributed by atoms with van der Waals surface area (Å²) in [6, 6.07) is 12.4. The van der Waals surface area contributed by atoms with Crippen molar-refractivity contribution >= 4 is 29.2 Å². The average Bonchev–Trinajstić information content (AvgIpc) is 3.51. The molecule has 4 nitrogen and oxygen atoms in total. The van der Waals surface area contributed by atoms with Gasteiger partial charge >= 0.3 is 12.1 Å². The molecule has 2 aromatic carbocycles. The van der Waals surface area contributed by atoms with E-state index in [0.29, 0.717) is 12.8 Å². The number of rotatable bonds is 8. The van der Waals surface area contributed by atoms with E-state index >= 15 is 0 Å². The summed E-state index contributed by atoms with van der Waals surface area (Å²) in [5.41, 5.74) is 2.88. The lowest BCUT2D eigenvalue weighted by Crippen LogP contribution is -2.41. The number of hydrogen-bond acceptors (Lipinski definition) is 2. The van der Waals surface area contributed by atoms with Crippen LogP contribution in [0.15, 0.2) is 42.5 Å². The molecule has 2 aliphatic carbocycles. The minimum absolute atomic E-state index is 0.0479. The highest BCUT2D eigenvalue weighted by Crippen LogP contribution is 2.46. The van der Waals surface area contributed by atoms with Gasteiger partial charge in [-0.2, -0.15) is 13.2 Å². The fourth-order valence-corrected chi connectivity index (χ4v) is 5.39. The second kappa shape index (κ2) is 9.61. The van der Waals surface area contributed by atoms with Crippen LogP contribution in [-0.4, -0.2) is 23.2 Å². The number of carbonyl (C=O) groups is 2. The lowest BCUT2D eigenvalue weighted by molar-refractivity contribution is -0.190. The van der Waals surface area contributed by atoms with E-state index < -0.39 is 35.8 Å². The molecule has 2 aromatic rings. The zero-order valence-corrected chi connectivity index (χ0v) is 19.5. The van der Waals surface area contributed by atoms with Gasteiger partial charge in [-0.1, -0.05) is 48.9 Å². The van der Waals surface area contributed by atoms with Crippen molar-refractivity contribution in [1.82, 2.24) is 0 Å². The number of carboxylic acids is 1. The van der Waals surface area contributed by atoms with E-state index in [-0.39, 0.29) is 29.0 Å². The smallest absolute Gasteiger partial charge is 0.392 e. The first-order chi connectivity index (χ1) is 16.0. The number of amides is 1. The zero-order valence-electron chi connectivity index (χ0n) is 18.7. The molecule has 0 heterocycles. The molecule has 8 heteroatoms. The Morgan fingerprint density at radius 3 is 2.24 bits per heavy atom. The van der Waals surface area contributed by atoms with Crippen molar-refractivity contribution in [2.75, 3.05) is 5.32 Å². The average molecular weight is 494 g/mol. The van der Waals surface area contributed by atoms with Gasteiger partial charge in [0.2, 0.25) is 5.91 Å². The number of hydrogen-bond donors (Lipinski definition) is 2. The Morgan fingerprint density at radius 2 is 1.71 bits per heavy atom. The van der Waals surface area contributed by atoms with Crippen LogP contribution in [-0.2, 0) is 22.4 Å². The number of fused-ring (bicyclic) bond motifs is 1. The normalized spacial score (nSPS) is 18.7. The molecule has 0 aromatic heterocycles. The molecular formula is C26H27ClF3NO3. The molecule has 182 valence electrons. The lowest BCUT2D eigenvalue weighted by Gasteiger charge is -2.30. The summed E-state index contributed by atoms with van der Waals surface area (Å²) in [5, 5.41) is 12.2. The summed E-state index contributed by atoms with van der Waals surface area (Å²) < 4.78 is 41.4. The molecule has 0 aliphatic heterocycles. The van der Waals surface area contributed by atoms with Gasteiger partial charge in [-0.05, 0) is 72.3 Å². The van der Waals surface area contributed by atoms with Crippen LogP contribution in [0.4, 0.5) is 18.9 Å². The van der Waals surface area contributed by atoms with Crippen LogP contribution in [0.5, 0.6) is 0 Å². The van der Waals surface area contributed by atoms with Crippen LogP contribution in [0.3, 0.4) is 0 Å². The number of halogens is 4. The Labute approximate surface area is 201 Å². The number of carbonyl (C=O) groups excluding carboxylic acids is 1. The van der Waals surface area contributed by atoms with Gasteiger partial charge < -0.3 is 10.4 Å². The number of alkyl halides is 3. The van der Waals surface area contributed by atoms with E-state index in [9.17, 15) is 27.9 Å². The summed E-state index contributed by atoms with van der Waals surface area (Å²) >= 11 is 6.30. The summed E-state index contributed by atoms with van der Waals surface area (Å²) in [6.45, 7) is 1.06. The van der Waals surface area contributed by atoms with Crippen molar-refractivity contribution in [3.8, 4) is 0 Å². The fraction of sp³-hybridized carbons (Fsp3) is 0.462. The van der Waals surface area contributed by atoms with Crippen molar-refractivity contribution in [2.24, 2.45) is 23.7 Å². The third-order valence-electron chi connectivity index (χ3n) is 7.21. The van der Waals surface area contributed by atoms with Gasteiger partial charge in [0, 0.05) is 0 Å². The maximum atomic E-state index is 13.8. The van der Waals surface area contributed by atoms with Gasteiger partial charge in [-0.25, -0.2) is 0 Å². The molecule has 2 aliphatic rings. The third-order valence-corrected chi connectivity index (χ3v) is 7.54. The molecule has 0 spiro atoms. The van der Waals surface area contributed by atoms with Crippen LogP contribution in [0, 0.1) is 23.7 Å². The number of aliphatic carboxylic acids is 1. The van der Waals surface area contributed by atoms with E-state index in [2.05, 4.69) is 5.32 Å². The lowest BCUT2D eigenvalue weighted by atomic mass is 9.79. The molecule has 0 unspecified atom stereocenters. The van der Waals surface area contributed by atoms with Gasteiger partial charge in [0.15, 0.2) is 0 Å². The van der Waals surface area contributed by atoms with Crippen molar-refractivity contribution in [1.29, 1.82) is 0 Å². The first kappa shape index (κ1) is 24.6. The number of nitrogens with one attached hydrogen (secondary N) is 1. The predicted octanol–water partition coefficient (Wildman–Crippen LogP) is 6.48. The molecule has 3 atom stereocenters. The third kappa shape index (κ3) is 5.40. The van der Waals surface area contributed by atoms with Crippen molar-refractivity contribution in [3.63, 3.8) is 0 Å². The van der Waals surface area contributed by atoms with Gasteiger partial charge in [0.25, 0.3) is 0 Å². The van der Waals surface area contributed by atoms with Crippen LogP contribution in [0.25, 0.3) is 0 Å². The second-order valence-electron chi connectivity index (χ2n) is 9.56. The van der Waals surface area contributed by atoms with Gasteiger partial charge in [-0.15, -0.1) is 0 Å². The Kier molecular flexibility index (Phi) is 6.94.